The van der Waals surface area contributed by atoms with Gasteiger partial charge in [0.1, 0.15) is 0 Å². The van der Waals surface area contributed by atoms with E-state index in [1.54, 1.807) is 0 Å². The molecule has 0 bridgehead atoms. The average Bonchev–Trinajstić information content (AvgIpc) is 2.30. The lowest BCUT2D eigenvalue weighted by Gasteiger charge is -2.26. The number of rotatable bonds is 3. The molecule has 0 heterocycles. The van der Waals surface area contributed by atoms with Gasteiger partial charge in [0, 0.05) is 18.0 Å². The van der Waals surface area contributed by atoms with Crippen molar-refractivity contribution < 1.29 is 0 Å². The fourth-order valence-electron chi connectivity index (χ4n) is 2.99. The van der Waals surface area contributed by atoms with Crippen LogP contribution in [0.3, 0.4) is 0 Å². The number of benzene rings is 1. The maximum absolute atomic E-state index is 6.14. The van der Waals surface area contributed by atoms with Crippen molar-refractivity contribution in [2.24, 2.45) is 0 Å². The third-order valence-electron chi connectivity index (χ3n) is 4.06. The first-order chi connectivity index (χ1) is 8.56. The highest BCUT2D eigenvalue weighted by molar-refractivity contribution is 6.20. The average molecular weight is 266 g/mol. The third kappa shape index (κ3) is 3.49. The van der Waals surface area contributed by atoms with Gasteiger partial charge >= 0.3 is 0 Å². The summed E-state index contributed by atoms with van der Waals surface area (Å²) in [6.45, 7) is 7.59. The quantitative estimate of drug-likeness (QED) is 0.806. The van der Waals surface area contributed by atoms with Crippen LogP contribution in [0.4, 0.5) is 0 Å². The second kappa shape index (κ2) is 6.08. The summed E-state index contributed by atoms with van der Waals surface area (Å²) >= 11 is 6.14. The fraction of sp³-hybridized carbons (Fsp3) is 0.625. The zero-order valence-corrected chi connectivity index (χ0v) is 12.5. The van der Waals surface area contributed by atoms with Gasteiger partial charge in [0.15, 0.2) is 0 Å². The molecule has 0 saturated heterocycles. The van der Waals surface area contributed by atoms with Gasteiger partial charge in [0.25, 0.3) is 0 Å². The Labute approximate surface area is 116 Å². The summed E-state index contributed by atoms with van der Waals surface area (Å²) in [5.74, 6) is 0. The van der Waals surface area contributed by atoms with Crippen molar-refractivity contribution >= 4 is 11.6 Å². The molecule has 0 spiro atoms. The molecule has 0 unspecified atom stereocenters. The first-order valence-corrected chi connectivity index (χ1v) is 7.44. The van der Waals surface area contributed by atoms with E-state index in [2.05, 4.69) is 38.2 Å². The Morgan fingerprint density at radius 3 is 2.17 bits per heavy atom. The summed E-state index contributed by atoms with van der Waals surface area (Å²) in [5.41, 5.74) is 5.64. The van der Waals surface area contributed by atoms with Crippen LogP contribution >= 0.6 is 11.6 Å². The van der Waals surface area contributed by atoms with Crippen LogP contribution in [-0.2, 0) is 6.54 Å². The van der Waals surface area contributed by atoms with Gasteiger partial charge in [-0.3, -0.25) is 0 Å². The van der Waals surface area contributed by atoms with Crippen molar-refractivity contribution in [2.75, 3.05) is 0 Å². The Morgan fingerprint density at radius 2 is 1.61 bits per heavy atom. The fourth-order valence-corrected chi connectivity index (χ4v) is 3.24. The van der Waals surface area contributed by atoms with Crippen molar-refractivity contribution in [3.05, 3.63) is 34.4 Å². The van der Waals surface area contributed by atoms with Crippen LogP contribution < -0.4 is 5.32 Å². The number of hydrogen-bond donors (Lipinski definition) is 1. The maximum atomic E-state index is 6.14. The third-order valence-corrected chi connectivity index (χ3v) is 4.50. The minimum atomic E-state index is 0.408. The normalized spacial score (nSPS) is 24.2. The second-order valence-corrected chi connectivity index (χ2v) is 6.32. The van der Waals surface area contributed by atoms with E-state index in [-0.39, 0.29) is 0 Å². The maximum Gasteiger partial charge on any atom is 0.0337 e. The SMILES string of the molecule is Cc1cc(C)c(CNC2CCC(Cl)CC2)c(C)c1. The Kier molecular flexibility index (Phi) is 4.69. The lowest BCUT2D eigenvalue weighted by Crippen LogP contribution is -2.33. The van der Waals surface area contributed by atoms with E-state index in [4.69, 9.17) is 11.6 Å². The van der Waals surface area contributed by atoms with E-state index >= 15 is 0 Å². The molecule has 100 valence electrons. The van der Waals surface area contributed by atoms with Crippen molar-refractivity contribution in [1.29, 1.82) is 0 Å². The summed E-state index contributed by atoms with van der Waals surface area (Å²) in [4.78, 5) is 0. The van der Waals surface area contributed by atoms with Gasteiger partial charge in [-0.1, -0.05) is 17.7 Å². The molecule has 1 saturated carbocycles. The Balaban J connectivity index is 1.94. The van der Waals surface area contributed by atoms with Crippen LogP contribution in [0.5, 0.6) is 0 Å². The number of halogens is 1. The van der Waals surface area contributed by atoms with Crippen molar-refractivity contribution in [3.63, 3.8) is 0 Å². The van der Waals surface area contributed by atoms with Crippen molar-refractivity contribution in [3.8, 4) is 0 Å². The minimum absolute atomic E-state index is 0.408. The standard InChI is InChI=1S/C16H24ClN/c1-11-8-12(2)16(13(3)9-11)10-18-15-6-4-14(17)5-7-15/h8-9,14-15,18H,4-7,10H2,1-3H3. The zero-order chi connectivity index (χ0) is 13.1. The van der Waals surface area contributed by atoms with Crippen molar-refractivity contribution in [2.45, 2.75) is 64.4 Å². The highest BCUT2D eigenvalue weighted by atomic mass is 35.5. The number of aryl methyl sites for hydroxylation is 3. The molecule has 1 aromatic carbocycles. The molecule has 1 aliphatic rings. The topological polar surface area (TPSA) is 12.0 Å². The molecule has 1 aromatic rings. The monoisotopic (exact) mass is 265 g/mol. The summed E-state index contributed by atoms with van der Waals surface area (Å²) in [7, 11) is 0. The van der Waals surface area contributed by atoms with Gasteiger partial charge in [0.2, 0.25) is 0 Å². The molecule has 0 amide bonds. The molecule has 2 heteroatoms. The molecule has 1 aliphatic carbocycles. The van der Waals surface area contributed by atoms with E-state index in [1.165, 1.54) is 35.1 Å². The van der Waals surface area contributed by atoms with Gasteiger partial charge < -0.3 is 5.32 Å². The molecular formula is C16H24ClN. The predicted molar refractivity (Wildman–Crippen MR) is 79.4 cm³/mol. The Morgan fingerprint density at radius 1 is 1.06 bits per heavy atom. The van der Waals surface area contributed by atoms with Crippen LogP contribution in [0.15, 0.2) is 12.1 Å². The molecule has 0 aliphatic heterocycles. The molecular weight excluding hydrogens is 242 g/mol. The summed E-state index contributed by atoms with van der Waals surface area (Å²) in [6.07, 6.45) is 4.76. The van der Waals surface area contributed by atoms with E-state index in [0.29, 0.717) is 11.4 Å². The highest BCUT2D eigenvalue weighted by Gasteiger charge is 2.19. The molecule has 1 nitrogen and oxygen atoms in total. The van der Waals surface area contributed by atoms with Gasteiger partial charge in [-0.05, 0) is 63.1 Å². The molecule has 1 N–H and O–H groups in total. The Hall–Kier alpha value is -0.530. The minimum Gasteiger partial charge on any atom is -0.310 e. The van der Waals surface area contributed by atoms with E-state index in [1.807, 2.05) is 0 Å². The molecule has 2 rings (SSSR count). The number of alkyl halides is 1. The summed E-state index contributed by atoms with van der Waals surface area (Å²) in [5, 5.41) is 4.11. The van der Waals surface area contributed by atoms with Crippen LogP contribution in [0.1, 0.15) is 47.9 Å². The molecule has 0 atom stereocenters. The molecule has 0 radical (unpaired) electrons. The van der Waals surface area contributed by atoms with Gasteiger partial charge in [-0.15, -0.1) is 11.6 Å². The van der Waals surface area contributed by atoms with E-state index < -0.39 is 0 Å². The zero-order valence-electron chi connectivity index (χ0n) is 11.7. The number of nitrogens with one attached hydrogen (secondary N) is 1. The summed E-state index contributed by atoms with van der Waals surface area (Å²) in [6, 6.07) is 5.21. The van der Waals surface area contributed by atoms with Gasteiger partial charge in [-0.25, -0.2) is 0 Å². The van der Waals surface area contributed by atoms with E-state index in [0.717, 1.165) is 19.4 Å². The van der Waals surface area contributed by atoms with Crippen LogP contribution in [0.2, 0.25) is 0 Å². The number of hydrogen-bond acceptors (Lipinski definition) is 1. The predicted octanol–water partition coefficient (Wildman–Crippen LogP) is 4.25. The summed E-state index contributed by atoms with van der Waals surface area (Å²) < 4.78 is 0. The lowest BCUT2D eigenvalue weighted by atomic mass is 9.94. The largest absolute Gasteiger partial charge is 0.310 e. The van der Waals surface area contributed by atoms with Crippen LogP contribution in [0.25, 0.3) is 0 Å². The molecule has 0 aromatic heterocycles. The smallest absolute Gasteiger partial charge is 0.0337 e. The van der Waals surface area contributed by atoms with Gasteiger partial charge in [0.05, 0.1) is 0 Å². The van der Waals surface area contributed by atoms with Gasteiger partial charge in [-0.2, -0.15) is 0 Å². The van der Waals surface area contributed by atoms with Crippen LogP contribution in [0, 0.1) is 20.8 Å². The first kappa shape index (κ1) is 13.9. The van der Waals surface area contributed by atoms with Crippen molar-refractivity contribution in [1.82, 2.24) is 5.32 Å². The van der Waals surface area contributed by atoms with E-state index in [9.17, 15) is 0 Å². The second-order valence-electron chi connectivity index (χ2n) is 5.71. The lowest BCUT2D eigenvalue weighted by molar-refractivity contribution is 0.375. The first-order valence-electron chi connectivity index (χ1n) is 7.00. The van der Waals surface area contributed by atoms with Crippen LogP contribution in [-0.4, -0.2) is 11.4 Å². The Bertz CT molecular complexity index is 383. The molecule has 1 fully saturated rings. The highest BCUT2D eigenvalue weighted by Crippen LogP contribution is 2.23. The molecule has 18 heavy (non-hydrogen) atoms.